The van der Waals surface area contributed by atoms with Gasteiger partial charge in [-0.2, -0.15) is 0 Å². The van der Waals surface area contributed by atoms with Crippen LogP contribution >= 0.6 is 11.6 Å². The Morgan fingerprint density at radius 2 is 2.08 bits per heavy atom. The third kappa shape index (κ3) is 3.05. The molecule has 2 aromatic carbocycles. The van der Waals surface area contributed by atoms with Crippen molar-refractivity contribution >= 4 is 23.2 Å². The highest BCUT2D eigenvalue weighted by Gasteiger charge is 2.25. The fourth-order valence-electron chi connectivity index (χ4n) is 3.17. The van der Waals surface area contributed by atoms with Gasteiger partial charge in [0.05, 0.1) is 12.1 Å². The molecule has 4 rings (SSSR count). The molecule has 2 heterocycles. The van der Waals surface area contributed by atoms with Gasteiger partial charge in [-0.25, -0.2) is 4.98 Å². The maximum Gasteiger partial charge on any atom is 0.233 e. The second kappa shape index (κ2) is 6.37. The minimum Gasteiger partial charge on any atom is -0.441 e. The lowest BCUT2D eigenvalue weighted by Crippen LogP contribution is -2.30. The van der Waals surface area contributed by atoms with E-state index in [2.05, 4.69) is 11.1 Å². The first-order valence-electron chi connectivity index (χ1n) is 8.22. The number of benzene rings is 2. The SMILES string of the molecule is Cc1oc(-c2cccc(Cl)c2)nc1CC(=O)N1CCc2ccccc21. The molecule has 1 amide bonds. The predicted molar refractivity (Wildman–Crippen MR) is 97.9 cm³/mol. The molecule has 0 aliphatic carbocycles. The summed E-state index contributed by atoms with van der Waals surface area (Å²) < 4.78 is 5.75. The number of carbonyl (C=O) groups excluding carboxylic acids is 1. The Bertz CT molecular complexity index is 948. The largest absolute Gasteiger partial charge is 0.441 e. The van der Waals surface area contributed by atoms with E-state index < -0.39 is 0 Å². The zero-order valence-corrected chi connectivity index (χ0v) is 14.6. The number of hydrogen-bond donors (Lipinski definition) is 0. The molecule has 0 bridgehead atoms. The molecule has 3 aromatic rings. The van der Waals surface area contributed by atoms with E-state index in [0.717, 1.165) is 24.2 Å². The van der Waals surface area contributed by atoms with Gasteiger partial charge in [0.25, 0.3) is 0 Å². The molecular formula is C20H17ClN2O2. The number of aromatic nitrogens is 1. The third-order valence-corrected chi connectivity index (χ3v) is 4.71. The average molecular weight is 353 g/mol. The average Bonchev–Trinajstić information content (AvgIpc) is 3.19. The minimum atomic E-state index is 0.0407. The van der Waals surface area contributed by atoms with Gasteiger partial charge in [0, 0.05) is 22.8 Å². The number of hydrogen-bond acceptors (Lipinski definition) is 3. The number of para-hydroxylation sites is 1. The molecule has 1 aromatic heterocycles. The van der Waals surface area contributed by atoms with Gasteiger partial charge in [0.15, 0.2) is 0 Å². The number of carbonyl (C=O) groups is 1. The van der Waals surface area contributed by atoms with Crippen molar-refractivity contribution in [3.05, 3.63) is 70.6 Å². The lowest BCUT2D eigenvalue weighted by atomic mass is 10.2. The van der Waals surface area contributed by atoms with Gasteiger partial charge < -0.3 is 9.32 Å². The molecule has 0 spiro atoms. The van der Waals surface area contributed by atoms with E-state index in [1.807, 2.05) is 42.2 Å². The number of nitrogens with zero attached hydrogens (tertiary/aromatic N) is 2. The fraction of sp³-hybridized carbons (Fsp3) is 0.200. The van der Waals surface area contributed by atoms with E-state index in [1.54, 1.807) is 12.1 Å². The molecule has 0 unspecified atom stereocenters. The van der Waals surface area contributed by atoms with Gasteiger partial charge in [-0.15, -0.1) is 0 Å². The first kappa shape index (κ1) is 15.9. The van der Waals surface area contributed by atoms with E-state index in [1.165, 1.54) is 5.56 Å². The van der Waals surface area contributed by atoms with Crippen molar-refractivity contribution in [2.24, 2.45) is 0 Å². The molecule has 0 radical (unpaired) electrons. The van der Waals surface area contributed by atoms with Crippen molar-refractivity contribution in [2.75, 3.05) is 11.4 Å². The van der Waals surface area contributed by atoms with Crippen molar-refractivity contribution in [1.29, 1.82) is 0 Å². The van der Waals surface area contributed by atoms with Crippen molar-refractivity contribution in [3.8, 4) is 11.5 Å². The molecule has 0 saturated carbocycles. The van der Waals surface area contributed by atoms with Crippen molar-refractivity contribution in [2.45, 2.75) is 19.8 Å². The minimum absolute atomic E-state index is 0.0407. The van der Waals surface area contributed by atoms with E-state index >= 15 is 0 Å². The summed E-state index contributed by atoms with van der Waals surface area (Å²) in [6.07, 6.45) is 1.12. The lowest BCUT2D eigenvalue weighted by Gasteiger charge is -2.16. The highest BCUT2D eigenvalue weighted by Crippen LogP contribution is 2.29. The van der Waals surface area contributed by atoms with Crippen molar-refractivity contribution in [3.63, 3.8) is 0 Å². The topological polar surface area (TPSA) is 46.3 Å². The van der Waals surface area contributed by atoms with Gasteiger partial charge in [0.2, 0.25) is 11.8 Å². The predicted octanol–water partition coefficient (Wildman–Crippen LogP) is 4.44. The molecule has 0 saturated heterocycles. The maximum absolute atomic E-state index is 12.8. The standard InChI is InChI=1S/C20H17ClN2O2/c1-13-17(22-20(25-13)15-6-4-7-16(21)11-15)12-19(24)23-10-9-14-5-2-3-8-18(14)23/h2-8,11H,9-10,12H2,1H3. The number of anilines is 1. The Balaban J connectivity index is 1.57. The fourth-order valence-corrected chi connectivity index (χ4v) is 3.36. The van der Waals surface area contributed by atoms with E-state index in [4.69, 9.17) is 16.0 Å². The Labute approximate surface area is 151 Å². The van der Waals surface area contributed by atoms with Crippen LogP contribution in [0.2, 0.25) is 5.02 Å². The Kier molecular flexibility index (Phi) is 4.06. The summed E-state index contributed by atoms with van der Waals surface area (Å²) in [5, 5.41) is 0.625. The summed E-state index contributed by atoms with van der Waals surface area (Å²) in [4.78, 5) is 19.1. The van der Waals surface area contributed by atoms with Crippen LogP contribution in [0.1, 0.15) is 17.0 Å². The monoisotopic (exact) mass is 352 g/mol. The summed E-state index contributed by atoms with van der Waals surface area (Å²) in [6, 6.07) is 15.4. The highest BCUT2D eigenvalue weighted by atomic mass is 35.5. The smallest absolute Gasteiger partial charge is 0.233 e. The molecule has 1 aliphatic rings. The van der Waals surface area contributed by atoms with E-state index in [-0.39, 0.29) is 12.3 Å². The van der Waals surface area contributed by atoms with Crippen LogP contribution in [0, 0.1) is 6.92 Å². The Morgan fingerprint density at radius 3 is 2.92 bits per heavy atom. The number of halogens is 1. The first-order chi connectivity index (χ1) is 12.1. The zero-order chi connectivity index (χ0) is 17.4. The normalized spacial score (nSPS) is 13.1. The van der Waals surface area contributed by atoms with E-state index in [9.17, 15) is 4.79 Å². The van der Waals surface area contributed by atoms with Crippen LogP contribution in [0.5, 0.6) is 0 Å². The van der Waals surface area contributed by atoms with Gasteiger partial charge in [-0.3, -0.25) is 4.79 Å². The van der Waals surface area contributed by atoms with Crippen molar-refractivity contribution in [1.82, 2.24) is 4.98 Å². The third-order valence-electron chi connectivity index (χ3n) is 4.47. The van der Waals surface area contributed by atoms with E-state index in [0.29, 0.717) is 22.4 Å². The quantitative estimate of drug-likeness (QED) is 0.700. The number of rotatable bonds is 3. The van der Waals surface area contributed by atoms with Crippen LogP contribution in [0.4, 0.5) is 5.69 Å². The highest BCUT2D eigenvalue weighted by molar-refractivity contribution is 6.30. The van der Waals surface area contributed by atoms with Crippen LogP contribution in [-0.2, 0) is 17.6 Å². The second-order valence-electron chi connectivity index (χ2n) is 6.13. The van der Waals surface area contributed by atoms with Crippen molar-refractivity contribution < 1.29 is 9.21 Å². The number of fused-ring (bicyclic) bond motifs is 1. The zero-order valence-electron chi connectivity index (χ0n) is 13.8. The molecule has 1 aliphatic heterocycles. The van der Waals surface area contributed by atoms with Gasteiger partial charge in [-0.1, -0.05) is 35.9 Å². The molecular weight excluding hydrogens is 336 g/mol. The molecule has 5 heteroatoms. The summed E-state index contributed by atoms with van der Waals surface area (Å²) in [6.45, 7) is 2.55. The summed E-state index contributed by atoms with van der Waals surface area (Å²) in [5.41, 5.74) is 3.70. The van der Waals surface area contributed by atoms with Crippen LogP contribution in [-0.4, -0.2) is 17.4 Å². The first-order valence-corrected chi connectivity index (χ1v) is 8.60. The summed E-state index contributed by atoms with van der Waals surface area (Å²) >= 11 is 6.03. The van der Waals surface area contributed by atoms with Gasteiger partial charge in [-0.05, 0) is 43.2 Å². The number of aryl methyl sites for hydroxylation is 1. The van der Waals surface area contributed by atoms with Crippen LogP contribution in [0.25, 0.3) is 11.5 Å². The molecule has 0 fully saturated rings. The van der Waals surface area contributed by atoms with Gasteiger partial charge >= 0.3 is 0 Å². The Morgan fingerprint density at radius 1 is 1.24 bits per heavy atom. The Hall–Kier alpha value is -2.59. The molecule has 0 N–H and O–H groups in total. The molecule has 25 heavy (non-hydrogen) atoms. The lowest BCUT2D eigenvalue weighted by molar-refractivity contribution is -0.117. The van der Waals surface area contributed by atoms with Gasteiger partial charge in [0.1, 0.15) is 5.76 Å². The van der Waals surface area contributed by atoms with Crippen LogP contribution in [0.3, 0.4) is 0 Å². The number of amides is 1. The second-order valence-corrected chi connectivity index (χ2v) is 6.57. The number of oxazole rings is 1. The molecule has 4 nitrogen and oxygen atoms in total. The van der Waals surface area contributed by atoms with Crippen LogP contribution < -0.4 is 4.90 Å². The molecule has 0 atom stereocenters. The van der Waals surface area contributed by atoms with Crippen LogP contribution in [0.15, 0.2) is 52.9 Å². The summed E-state index contributed by atoms with van der Waals surface area (Å²) in [5.74, 6) is 1.19. The molecule has 126 valence electrons. The maximum atomic E-state index is 12.8. The summed E-state index contributed by atoms with van der Waals surface area (Å²) in [7, 11) is 0.